The minimum absolute atomic E-state index is 0.0951. The van der Waals surface area contributed by atoms with E-state index in [2.05, 4.69) is 309 Å². The van der Waals surface area contributed by atoms with Crippen LogP contribution in [0.3, 0.4) is 0 Å². The lowest BCUT2D eigenvalue weighted by atomic mass is 9.79. The van der Waals surface area contributed by atoms with Gasteiger partial charge < -0.3 is 0 Å². The predicted octanol–water partition coefficient (Wildman–Crippen LogP) is 23.3. The summed E-state index contributed by atoms with van der Waals surface area (Å²) in [5.74, 6) is 0. The van der Waals surface area contributed by atoms with Crippen LogP contribution in [-0.2, 0) is 16.2 Å². The fourth-order valence-corrected chi connectivity index (χ4v) is 14.6. The third kappa shape index (κ3) is 7.88. The Morgan fingerprint density at radius 1 is 0.226 bits per heavy atom. The highest BCUT2D eigenvalue weighted by molar-refractivity contribution is 6.25. The largest absolute Gasteiger partial charge is 0.0616 e. The number of hydrogen-bond donors (Lipinski definition) is 0. The van der Waals surface area contributed by atoms with Crippen LogP contribution in [0, 0.1) is 0 Å². The average molecular weight is 1070 g/mol. The van der Waals surface area contributed by atoms with Crippen molar-refractivity contribution in [3.05, 3.63) is 289 Å². The lowest BCUT2D eigenvalue weighted by molar-refractivity contribution is 0.591. The van der Waals surface area contributed by atoms with Crippen LogP contribution in [0.4, 0.5) is 0 Å². The molecule has 0 amide bonds. The highest BCUT2D eigenvalue weighted by Crippen LogP contribution is 2.54. The Hall–Kier alpha value is -9.62. The summed E-state index contributed by atoms with van der Waals surface area (Å²) in [5.41, 5.74) is 29.5. The van der Waals surface area contributed by atoms with E-state index in [0.717, 1.165) is 0 Å². The Morgan fingerprint density at radius 3 is 0.988 bits per heavy atom. The minimum Gasteiger partial charge on any atom is -0.0616 e. The SMILES string of the molecule is CC(C)(C)c1cc2ccc3ccc(-c4ccc(-c5ccc(-c6ccc(-c7ccc8c(c7)C(C)(C)c7cc(-c9ccc%10c(c9)C(C)(C)c9cc(-c%11ccc(-c%12cccc%13ccccc%12%13)cc%11)ccc9-%10)ccc7-8)cc6)cc5)cc4)c4ccc(c1)c2c34. The summed E-state index contributed by atoms with van der Waals surface area (Å²) in [6.45, 7) is 16.5. The lowest BCUT2D eigenvalue weighted by Gasteiger charge is -2.24. The van der Waals surface area contributed by atoms with Crippen molar-refractivity contribution >= 4 is 43.1 Å². The fraction of sp³-hybridized carbons (Fsp3) is 0.119. The molecule has 0 aliphatic heterocycles. The van der Waals surface area contributed by atoms with Crippen LogP contribution in [0.1, 0.15) is 76.3 Å². The molecule has 0 heterocycles. The standard InChI is InChI=1S/C84H64/c1-82(2,3)67-45-65-32-31-60-33-39-70(75-44-38-66(46-67)80(65)81(60)75)59-27-23-54(24-28-59)52-17-15-51(16-18-52)53-19-21-55(22-20-53)61-34-40-71-73-42-36-63(49-78(73)83(4,5)76(71)47-61)64-37-43-74-72-41-35-62(48-77(72)84(6,7)79(74)50-64)56-25-29-58(30-26-56)69-14-10-12-57-11-8-9-13-68(57)69/h8-50H,1-7H3. The molecule has 2 aliphatic carbocycles. The van der Waals surface area contributed by atoms with Gasteiger partial charge in [0.05, 0.1) is 0 Å². The van der Waals surface area contributed by atoms with Crippen molar-refractivity contribution in [3.63, 3.8) is 0 Å². The smallest absolute Gasteiger partial charge is 0.0159 e. The van der Waals surface area contributed by atoms with Crippen LogP contribution in [0.2, 0.25) is 0 Å². The molecular formula is C84H64. The summed E-state index contributed by atoms with van der Waals surface area (Å²) >= 11 is 0. The van der Waals surface area contributed by atoms with Crippen molar-refractivity contribution in [2.75, 3.05) is 0 Å². The second kappa shape index (κ2) is 18.4. The van der Waals surface area contributed by atoms with Crippen molar-refractivity contribution in [1.82, 2.24) is 0 Å². The van der Waals surface area contributed by atoms with Gasteiger partial charge in [-0.3, -0.25) is 0 Å². The molecule has 0 bridgehead atoms. The maximum absolute atomic E-state index is 2.47. The van der Waals surface area contributed by atoms with Gasteiger partial charge in [-0.15, -0.1) is 0 Å². The van der Waals surface area contributed by atoms with Gasteiger partial charge in [0.15, 0.2) is 0 Å². The van der Waals surface area contributed by atoms with Crippen molar-refractivity contribution < 1.29 is 0 Å². The van der Waals surface area contributed by atoms with Crippen LogP contribution in [-0.4, -0.2) is 0 Å². The van der Waals surface area contributed by atoms with Crippen molar-refractivity contribution in [1.29, 1.82) is 0 Å². The third-order valence-electron chi connectivity index (χ3n) is 19.4. The Morgan fingerprint density at radius 2 is 0.548 bits per heavy atom. The Bertz CT molecular complexity index is 4960. The molecule has 0 heteroatoms. The minimum atomic E-state index is -0.158. The van der Waals surface area contributed by atoms with Gasteiger partial charge in [-0.25, -0.2) is 0 Å². The molecule has 0 nitrogen and oxygen atoms in total. The van der Waals surface area contributed by atoms with Crippen molar-refractivity contribution in [3.8, 4) is 100 Å². The van der Waals surface area contributed by atoms with Crippen LogP contribution in [0.25, 0.3) is 143 Å². The number of fused-ring (bicyclic) bond motifs is 7. The van der Waals surface area contributed by atoms with E-state index in [0.29, 0.717) is 0 Å². The third-order valence-corrected chi connectivity index (χ3v) is 19.4. The summed E-state index contributed by atoms with van der Waals surface area (Å²) in [5, 5.41) is 10.5. The molecule has 0 fully saturated rings. The predicted molar refractivity (Wildman–Crippen MR) is 360 cm³/mol. The quantitative estimate of drug-likeness (QED) is 0.140. The average Bonchev–Trinajstić information content (AvgIpc) is 1.49. The van der Waals surface area contributed by atoms with Gasteiger partial charge in [-0.05, 0) is 201 Å². The van der Waals surface area contributed by atoms with Gasteiger partial charge in [0.25, 0.3) is 0 Å². The normalized spacial score (nSPS) is 13.8. The molecule has 14 aromatic rings. The van der Waals surface area contributed by atoms with E-state index >= 15 is 0 Å². The molecule has 2 aliphatic rings. The summed E-state index contributed by atoms with van der Waals surface area (Å²) in [6, 6.07) is 98.9. The summed E-state index contributed by atoms with van der Waals surface area (Å²) < 4.78 is 0. The van der Waals surface area contributed by atoms with Crippen LogP contribution in [0.5, 0.6) is 0 Å². The van der Waals surface area contributed by atoms with E-state index in [9.17, 15) is 0 Å². The summed E-state index contributed by atoms with van der Waals surface area (Å²) in [6.07, 6.45) is 0. The Kier molecular flexibility index (Phi) is 11.0. The Balaban J connectivity index is 0.615. The number of hydrogen-bond acceptors (Lipinski definition) is 0. The molecule has 14 aromatic carbocycles. The van der Waals surface area contributed by atoms with Crippen LogP contribution >= 0.6 is 0 Å². The molecule has 0 spiro atoms. The first-order valence-corrected chi connectivity index (χ1v) is 29.9. The molecule has 16 rings (SSSR count). The van der Waals surface area contributed by atoms with Crippen molar-refractivity contribution in [2.45, 2.75) is 64.7 Å². The first-order chi connectivity index (χ1) is 40.7. The first-order valence-electron chi connectivity index (χ1n) is 29.9. The zero-order valence-electron chi connectivity index (χ0n) is 48.8. The second-order valence-corrected chi connectivity index (χ2v) is 26.1. The first kappa shape index (κ1) is 50.1. The molecule has 0 aromatic heterocycles. The van der Waals surface area contributed by atoms with Crippen LogP contribution in [0.15, 0.2) is 261 Å². The monoisotopic (exact) mass is 1070 g/mol. The van der Waals surface area contributed by atoms with Gasteiger partial charge in [0, 0.05) is 10.8 Å². The van der Waals surface area contributed by atoms with Crippen molar-refractivity contribution in [2.24, 2.45) is 0 Å². The summed E-state index contributed by atoms with van der Waals surface area (Å²) in [7, 11) is 0. The molecule has 400 valence electrons. The van der Waals surface area contributed by atoms with Gasteiger partial charge in [0.1, 0.15) is 0 Å². The maximum Gasteiger partial charge on any atom is 0.0159 e. The molecule has 0 atom stereocenters. The molecule has 0 unspecified atom stereocenters. The second-order valence-electron chi connectivity index (χ2n) is 26.1. The van der Waals surface area contributed by atoms with Crippen LogP contribution < -0.4 is 0 Å². The molecular weight excluding hydrogens is 1010 g/mol. The van der Waals surface area contributed by atoms with E-state index < -0.39 is 0 Å². The highest BCUT2D eigenvalue weighted by Gasteiger charge is 2.38. The number of rotatable bonds is 7. The van der Waals surface area contributed by atoms with E-state index in [4.69, 9.17) is 0 Å². The molecule has 84 heavy (non-hydrogen) atoms. The zero-order chi connectivity index (χ0) is 56.8. The highest BCUT2D eigenvalue weighted by atomic mass is 14.4. The molecule has 0 N–H and O–H groups in total. The molecule has 0 saturated heterocycles. The fourth-order valence-electron chi connectivity index (χ4n) is 14.6. The van der Waals surface area contributed by atoms with Gasteiger partial charge in [-0.1, -0.05) is 285 Å². The molecule has 0 radical (unpaired) electrons. The van der Waals surface area contributed by atoms with E-state index in [1.165, 1.54) is 171 Å². The number of benzene rings is 14. The van der Waals surface area contributed by atoms with E-state index in [-0.39, 0.29) is 16.2 Å². The van der Waals surface area contributed by atoms with E-state index in [1.807, 2.05) is 0 Å². The summed E-state index contributed by atoms with van der Waals surface area (Å²) in [4.78, 5) is 0. The maximum atomic E-state index is 2.47. The Labute approximate surface area is 493 Å². The zero-order valence-corrected chi connectivity index (χ0v) is 48.8. The molecule has 0 saturated carbocycles. The lowest BCUT2D eigenvalue weighted by Crippen LogP contribution is -2.15. The van der Waals surface area contributed by atoms with Gasteiger partial charge >= 0.3 is 0 Å². The van der Waals surface area contributed by atoms with Gasteiger partial charge in [0.2, 0.25) is 0 Å². The topological polar surface area (TPSA) is 0 Å². The van der Waals surface area contributed by atoms with Gasteiger partial charge in [-0.2, -0.15) is 0 Å². The van der Waals surface area contributed by atoms with E-state index in [1.54, 1.807) is 0 Å².